The van der Waals surface area contributed by atoms with Crippen LogP contribution < -0.4 is 0 Å². The largest absolute Gasteiger partial charge is 0.395 e. The summed E-state index contributed by atoms with van der Waals surface area (Å²) < 4.78 is 0. The highest BCUT2D eigenvalue weighted by Crippen LogP contribution is 2.12. The molecule has 0 bridgehead atoms. The Bertz CT molecular complexity index is 605. The van der Waals surface area contributed by atoms with Crippen LogP contribution in [0, 0.1) is 36.0 Å². The molecule has 4 heteroatoms. The van der Waals surface area contributed by atoms with Crippen molar-refractivity contribution in [2.24, 2.45) is 5.92 Å². The number of amides is 1. The molecule has 0 fully saturated rings. The second-order valence-corrected chi connectivity index (χ2v) is 5.02. The molecule has 0 aromatic heterocycles. The molecule has 0 heterocycles. The van der Waals surface area contributed by atoms with Crippen molar-refractivity contribution in [3.8, 4) is 17.9 Å². The van der Waals surface area contributed by atoms with E-state index >= 15 is 0 Å². The van der Waals surface area contributed by atoms with E-state index < -0.39 is 0 Å². The lowest BCUT2D eigenvalue weighted by atomic mass is 10.0. The van der Waals surface area contributed by atoms with Crippen LogP contribution in [0.25, 0.3) is 0 Å². The number of carbonyl (C=O) groups is 1. The summed E-state index contributed by atoms with van der Waals surface area (Å²) in [6.07, 6.45) is 0.414. The van der Waals surface area contributed by atoms with Gasteiger partial charge in [0.25, 0.3) is 5.91 Å². The van der Waals surface area contributed by atoms with Gasteiger partial charge >= 0.3 is 0 Å². The zero-order valence-corrected chi connectivity index (χ0v) is 12.7. The Kier molecular flexibility index (Phi) is 6.46. The molecule has 0 saturated heterocycles. The number of benzene rings is 1. The average molecular weight is 284 g/mol. The fourth-order valence-electron chi connectivity index (χ4n) is 1.86. The topological polar surface area (TPSA) is 64.3 Å². The lowest BCUT2D eigenvalue weighted by molar-refractivity contribution is 0.0785. The monoisotopic (exact) mass is 284 g/mol. The van der Waals surface area contributed by atoms with E-state index in [1.165, 1.54) is 0 Å². The summed E-state index contributed by atoms with van der Waals surface area (Å²) in [5, 5.41) is 17.6. The van der Waals surface area contributed by atoms with Crippen molar-refractivity contribution in [2.75, 3.05) is 20.2 Å². The Morgan fingerprint density at radius 3 is 2.81 bits per heavy atom. The maximum Gasteiger partial charge on any atom is 0.253 e. The van der Waals surface area contributed by atoms with Crippen LogP contribution in [0.5, 0.6) is 0 Å². The van der Waals surface area contributed by atoms with E-state index in [0.29, 0.717) is 18.5 Å². The highest BCUT2D eigenvalue weighted by Gasteiger charge is 2.14. The fraction of sp³-hybridized carbons (Fsp3) is 0.412. The van der Waals surface area contributed by atoms with Gasteiger partial charge in [0.05, 0.1) is 18.6 Å². The van der Waals surface area contributed by atoms with Gasteiger partial charge in [-0.3, -0.25) is 4.79 Å². The highest BCUT2D eigenvalue weighted by atomic mass is 16.2. The molecule has 1 unspecified atom stereocenters. The maximum atomic E-state index is 12.3. The van der Waals surface area contributed by atoms with Crippen LogP contribution in [0.1, 0.15) is 34.8 Å². The van der Waals surface area contributed by atoms with Gasteiger partial charge in [0, 0.05) is 31.1 Å². The lowest BCUT2D eigenvalue weighted by Gasteiger charge is -2.18. The molecule has 1 aromatic carbocycles. The van der Waals surface area contributed by atoms with Crippen LogP contribution in [0.15, 0.2) is 18.2 Å². The fourth-order valence-corrected chi connectivity index (χ4v) is 1.86. The summed E-state index contributed by atoms with van der Waals surface area (Å²) in [6, 6.07) is 7.50. The highest BCUT2D eigenvalue weighted by molar-refractivity contribution is 5.94. The molecule has 4 nitrogen and oxygen atoms in total. The quantitative estimate of drug-likeness (QED) is 0.860. The number of aliphatic hydroxyl groups is 1. The summed E-state index contributed by atoms with van der Waals surface area (Å²) in [6.45, 7) is 4.14. The second kappa shape index (κ2) is 8.09. The maximum absolute atomic E-state index is 12.3. The molecule has 1 atom stereocenters. The molecule has 1 N–H and O–H groups in total. The van der Waals surface area contributed by atoms with Crippen molar-refractivity contribution in [2.45, 2.75) is 20.3 Å². The standard InChI is InChI=1S/C17H20N2O2/c1-13(11-18)12-19(3)17(21)16-8-7-14(2)15(10-16)6-4-5-9-20/h7-8,10,13,20H,5,9,12H2,1-3H3. The van der Waals surface area contributed by atoms with E-state index in [4.69, 9.17) is 10.4 Å². The smallest absolute Gasteiger partial charge is 0.253 e. The molecule has 1 rings (SSSR count). The van der Waals surface area contributed by atoms with Crippen molar-refractivity contribution in [3.05, 3.63) is 34.9 Å². The number of hydrogen-bond donors (Lipinski definition) is 1. The third-order valence-corrected chi connectivity index (χ3v) is 3.06. The summed E-state index contributed by atoms with van der Waals surface area (Å²) in [7, 11) is 1.69. The Morgan fingerprint density at radius 2 is 2.19 bits per heavy atom. The molecule has 0 aliphatic heterocycles. The molecule has 1 aromatic rings. The van der Waals surface area contributed by atoms with E-state index in [-0.39, 0.29) is 18.4 Å². The predicted octanol–water partition coefficient (Wildman–Crippen LogP) is 1.96. The van der Waals surface area contributed by atoms with Crippen LogP contribution in [0.4, 0.5) is 0 Å². The molecule has 0 aliphatic carbocycles. The number of aliphatic hydroxyl groups excluding tert-OH is 1. The van der Waals surface area contributed by atoms with Gasteiger partial charge in [-0.05, 0) is 31.5 Å². The minimum Gasteiger partial charge on any atom is -0.395 e. The normalized spacial score (nSPS) is 11.0. The molecular formula is C17H20N2O2. The van der Waals surface area contributed by atoms with Crippen molar-refractivity contribution in [1.29, 1.82) is 5.26 Å². The van der Waals surface area contributed by atoms with Gasteiger partial charge in [0.2, 0.25) is 0 Å². The number of nitriles is 1. The summed E-state index contributed by atoms with van der Waals surface area (Å²) >= 11 is 0. The number of aryl methyl sites for hydroxylation is 1. The SMILES string of the molecule is Cc1ccc(C(=O)N(C)CC(C)C#N)cc1C#CCCO. The first-order valence-corrected chi connectivity index (χ1v) is 6.85. The zero-order chi connectivity index (χ0) is 15.8. The number of carbonyl (C=O) groups excluding carboxylic acids is 1. The predicted molar refractivity (Wildman–Crippen MR) is 81.5 cm³/mol. The Morgan fingerprint density at radius 1 is 1.48 bits per heavy atom. The third-order valence-electron chi connectivity index (χ3n) is 3.06. The van der Waals surface area contributed by atoms with Crippen molar-refractivity contribution >= 4 is 5.91 Å². The Hall–Kier alpha value is -2.30. The first kappa shape index (κ1) is 16.8. The van der Waals surface area contributed by atoms with E-state index in [0.717, 1.165) is 11.1 Å². The molecule has 110 valence electrons. The lowest BCUT2D eigenvalue weighted by Crippen LogP contribution is -2.30. The first-order valence-electron chi connectivity index (χ1n) is 6.85. The van der Waals surface area contributed by atoms with E-state index in [2.05, 4.69) is 17.9 Å². The van der Waals surface area contributed by atoms with Gasteiger partial charge in [0.15, 0.2) is 0 Å². The van der Waals surface area contributed by atoms with E-state index in [1.807, 2.05) is 13.0 Å². The molecule has 0 radical (unpaired) electrons. The molecule has 0 spiro atoms. The number of nitrogens with zero attached hydrogens (tertiary/aromatic N) is 2. The Labute approximate surface area is 126 Å². The molecule has 0 saturated carbocycles. The van der Waals surface area contributed by atoms with Gasteiger partial charge in [-0.2, -0.15) is 5.26 Å². The first-order chi connectivity index (χ1) is 9.99. The Balaban J connectivity index is 2.94. The summed E-state index contributed by atoms with van der Waals surface area (Å²) in [4.78, 5) is 13.9. The minimum absolute atomic E-state index is 0.0272. The van der Waals surface area contributed by atoms with Crippen LogP contribution in [-0.4, -0.2) is 36.1 Å². The summed E-state index contributed by atoms with van der Waals surface area (Å²) in [5.41, 5.74) is 2.34. The van der Waals surface area contributed by atoms with Crippen LogP contribution in [0.2, 0.25) is 0 Å². The van der Waals surface area contributed by atoms with Gasteiger partial charge in [0.1, 0.15) is 0 Å². The molecule has 0 aliphatic rings. The van der Waals surface area contributed by atoms with E-state index in [9.17, 15) is 4.79 Å². The van der Waals surface area contributed by atoms with Crippen molar-refractivity contribution < 1.29 is 9.90 Å². The number of hydrogen-bond acceptors (Lipinski definition) is 3. The number of rotatable bonds is 4. The van der Waals surface area contributed by atoms with Gasteiger partial charge in [-0.1, -0.05) is 17.9 Å². The zero-order valence-electron chi connectivity index (χ0n) is 12.7. The van der Waals surface area contributed by atoms with Gasteiger partial charge in [-0.15, -0.1) is 0 Å². The molecule has 21 heavy (non-hydrogen) atoms. The average Bonchev–Trinajstić information content (AvgIpc) is 2.48. The molecule has 1 amide bonds. The van der Waals surface area contributed by atoms with E-state index in [1.54, 1.807) is 31.0 Å². The van der Waals surface area contributed by atoms with Gasteiger partial charge in [-0.25, -0.2) is 0 Å². The molecular weight excluding hydrogens is 264 g/mol. The third kappa shape index (κ3) is 4.95. The van der Waals surface area contributed by atoms with Crippen LogP contribution in [-0.2, 0) is 0 Å². The van der Waals surface area contributed by atoms with Crippen molar-refractivity contribution in [3.63, 3.8) is 0 Å². The second-order valence-electron chi connectivity index (χ2n) is 5.02. The van der Waals surface area contributed by atoms with Crippen LogP contribution in [0.3, 0.4) is 0 Å². The van der Waals surface area contributed by atoms with Gasteiger partial charge < -0.3 is 10.0 Å². The van der Waals surface area contributed by atoms with Crippen LogP contribution >= 0.6 is 0 Å². The summed E-state index contributed by atoms with van der Waals surface area (Å²) in [5.74, 6) is 5.50. The minimum atomic E-state index is -0.201. The van der Waals surface area contributed by atoms with Crippen molar-refractivity contribution in [1.82, 2.24) is 4.90 Å².